The Bertz CT molecular complexity index is 428. The normalized spacial score (nSPS) is 16.6. The molecule has 3 nitrogen and oxygen atoms in total. The molecular weight excluding hydrogens is 260 g/mol. The molecule has 0 radical (unpaired) electrons. The highest BCUT2D eigenvalue weighted by molar-refractivity contribution is 6.31. The second-order valence-electron chi connectivity index (χ2n) is 5.15. The summed E-state index contributed by atoms with van der Waals surface area (Å²) >= 11 is 6.09. The van der Waals surface area contributed by atoms with Crippen molar-refractivity contribution in [2.45, 2.75) is 19.3 Å². The first kappa shape index (κ1) is 14.4. The molecule has 1 aliphatic heterocycles. The molecule has 1 heterocycles. The minimum absolute atomic E-state index is 0.191. The third-order valence-electron chi connectivity index (χ3n) is 3.76. The summed E-state index contributed by atoms with van der Waals surface area (Å²) in [7, 11) is 1.98. The number of piperidine rings is 1. The number of nitrogens with zero attached hydrogens (tertiary/aromatic N) is 1. The first-order chi connectivity index (χ1) is 9.20. The van der Waals surface area contributed by atoms with Crippen molar-refractivity contribution in [3.63, 3.8) is 0 Å². The molecule has 1 amide bonds. The van der Waals surface area contributed by atoms with E-state index in [2.05, 4.69) is 5.32 Å². The molecule has 1 aromatic carbocycles. The Kier molecular flexibility index (Phi) is 5.23. The zero-order valence-corrected chi connectivity index (χ0v) is 12.1. The highest BCUT2D eigenvalue weighted by atomic mass is 35.5. The first-order valence-corrected chi connectivity index (χ1v) is 7.24. The first-order valence-electron chi connectivity index (χ1n) is 6.86. The number of amides is 1. The topological polar surface area (TPSA) is 32.3 Å². The van der Waals surface area contributed by atoms with E-state index >= 15 is 0 Å². The van der Waals surface area contributed by atoms with Gasteiger partial charge in [-0.1, -0.05) is 29.8 Å². The zero-order chi connectivity index (χ0) is 13.7. The van der Waals surface area contributed by atoms with Gasteiger partial charge in [-0.3, -0.25) is 4.79 Å². The lowest BCUT2D eigenvalue weighted by atomic mass is 9.96. The predicted octanol–water partition coefficient (Wildman–Crippen LogP) is 2.34. The van der Waals surface area contributed by atoms with Gasteiger partial charge in [-0.15, -0.1) is 0 Å². The summed E-state index contributed by atoms with van der Waals surface area (Å²) in [5.74, 6) is 0.894. The van der Waals surface area contributed by atoms with E-state index in [1.54, 1.807) is 0 Å². The molecule has 0 unspecified atom stereocenters. The van der Waals surface area contributed by atoms with Crippen LogP contribution in [0.3, 0.4) is 0 Å². The van der Waals surface area contributed by atoms with Gasteiger partial charge in [0.1, 0.15) is 0 Å². The molecule has 4 heteroatoms. The number of likely N-dealkylation sites (tertiary alicyclic amines) is 1. The average Bonchev–Trinajstić information content (AvgIpc) is 2.42. The van der Waals surface area contributed by atoms with Gasteiger partial charge in [0.05, 0.1) is 6.42 Å². The number of rotatable bonds is 4. The second-order valence-corrected chi connectivity index (χ2v) is 5.56. The van der Waals surface area contributed by atoms with E-state index in [0.29, 0.717) is 17.4 Å². The number of hydrogen-bond acceptors (Lipinski definition) is 2. The van der Waals surface area contributed by atoms with Gasteiger partial charge in [-0.05, 0) is 44.0 Å². The molecule has 0 spiro atoms. The Labute approximate surface area is 119 Å². The molecule has 1 fully saturated rings. The molecule has 0 atom stereocenters. The molecular formula is C15H21ClN2O. The SMILES string of the molecule is CNCC1CCN(C(=O)Cc2ccccc2Cl)CC1. The molecule has 0 aromatic heterocycles. The highest BCUT2D eigenvalue weighted by Gasteiger charge is 2.22. The molecule has 2 rings (SSSR count). The van der Waals surface area contributed by atoms with Crippen LogP contribution < -0.4 is 5.32 Å². The van der Waals surface area contributed by atoms with E-state index in [1.165, 1.54) is 0 Å². The summed E-state index contributed by atoms with van der Waals surface area (Å²) in [4.78, 5) is 14.2. The third-order valence-corrected chi connectivity index (χ3v) is 4.13. The molecule has 1 saturated heterocycles. The Balaban J connectivity index is 1.87. The molecule has 0 saturated carbocycles. The maximum atomic E-state index is 12.2. The quantitative estimate of drug-likeness (QED) is 0.918. The highest BCUT2D eigenvalue weighted by Crippen LogP contribution is 2.20. The molecule has 0 bridgehead atoms. The standard InChI is InChI=1S/C15H21ClN2O/c1-17-11-12-6-8-18(9-7-12)15(19)10-13-4-2-3-5-14(13)16/h2-5,12,17H,6-11H2,1H3. The third kappa shape index (κ3) is 3.95. The van der Waals surface area contributed by atoms with E-state index in [9.17, 15) is 4.79 Å². The van der Waals surface area contributed by atoms with Crippen molar-refractivity contribution in [1.82, 2.24) is 10.2 Å². The Morgan fingerprint density at radius 2 is 2.05 bits per heavy atom. The lowest BCUT2D eigenvalue weighted by molar-refractivity contribution is -0.131. The molecule has 1 aliphatic rings. The fourth-order valence-electron chi connectivity index (χ4n) is 2.59. The van der Waals surface area contributed by atoms with Crippen molar-refractivity contribution in [1.29, 1.82) is 0 Å². The van der Waals surface area contributed by atoms with E-state index < -0.39 is 0 Å². The molecule has 0 aliphatic carbocycles. The van der Waals surface area contributed by atoms with E-state index in [-0.39, 0.29) is 5.91 Å². The van der Waals surface area contributed by atoms with Gasteiger partial charge in [-0.25, -0.2) is 0 Å². The molecule has 1 aromatic rings. The number of carbonyl (C=O) groups is 1. The van der Waals surface area contributed by atoms with Crippen LogP contribution in [0.1, 0.15) is 18.4 Å². The summed E-state index contributed by atoms with van der Waals surface area (Å²) < 4.78 is 0. The van der Waals surface area contributed by atoms with Crippen LogP contribution in [-0.4, -0.2) is 37.5 Å². The van der Waals surface area contributed by atoms with Crippen molar-refractivity contribution in [3.8, 4) is 0 Å². The summed E-state index contributed by atoms with van der Waals surface area (Å²) in [5.41, 5.74) is 0.923. The van der Waals surface area contributed by atoms with E-state index in [1.807, 2.05) is 36.2 Å². The molecule has 104 valence electrons. The number of halogens is 1. The van der Waals surface area contributed by atoms with Gasteiger partial charge in [0.2, 0.25) is 5.91 Å². The second kappa shape index (κ2) is 6.92. The lowest BCUT2D eigenvalue weighted by Crippen LogP contribution is -2.41. The van der Waals surface area contributed by atoms with Crippen LogP contribution >= 0.6 is 11.6 Å². The molecule has 19 heavy (non-hydrogen) atoms. The van der Waals surface area contributed by atoms with Crippen molar-refractivity contribution in [3.05, 3.63) is 34.9 Å². The van der Waals surface area contributed by atoms with Gasteiger partial charge >= 0.3 is 0 Å². The average molecular weight is 281 g/mol. The predicted molar refractivity (Wildman–Crippen MR) is 78.4 cm³/mol. The van der Waals surface area contributed by atoms with Crippen molar-refractivity contribution in [2.24, 2.45) is 5.92 Å². The van der Waals surface area contributed by atoms with Gasteiger partial charge in [0.15, 0.2) is 0 Å². The van der Waals surface area contributed by atoms with Crippen LogP contribution in [-0.2, 0) is 11.2 Å². The number of hydrogen-bond donors (Lipinski definition) is 1. The van der Waals surface area contributed by atoms with Gasteiger partial charge in [-0.2, -0.15) is 0 Å². The van der Waals surface area contributed by atoms with Gasteiger partial charge in [0.25, 0.3) is 0 Å². The maximum absolute atomic E-state index is 12.2. The largest absolute Gasteiger partial charge is 0.342 e. The van der Waals surface area contributed by atoms with Crippen LogP contribution in [0.4, 0.5) is 0 Å². The fourth-order valence-corrected chi connectivity index (χ4v) is 2.79. The zero-order valence-electron chi connectivity index (χ0n) is 11.4. The van der Waals surface area contributed by atoms with Gasteiger partial charge < -0.3 is 10.2 Å². The Hall–Kier alpha value is -1.06. The Morgan fingerprint density at radius 1 is 1.37 bits per heavy atom. The van der Waals surface area contributed by atoms with Crippen LogP contribution in [0.15, 0.2) is 24.3 Å². The molecule has 1 N–H and O–H groups in total. The minimum atomic E-state index is 0.191. The minimum Gasteiger partial charge on any atom is -0.342 e. The van der Waals surface area contributed by atoms with Crippen molar-refractivity contribution >= 4 is 17.5 Å². The van der Waals surface area contributed by atoms with Gasteiger partial charge in [0, 0.05) is 18.1 Å². The maximum Gasteiger partial charge on any atom is 0.227 e. The van der Waals surface area contributed by atoms with E-state index in [0.717, 1.165) is 38.0 Å². The van der Waals surface area contributed by atoms with Crippen LogP contribution in [0.2, 0.25) is 5.02 Å². The van der Waals surface area contributed by atoms with E-state index in [4.69, 9.17) is 11.6 Å². The van der Waals surface area contributed by atoms with Crippen LogP contribution in [0, 0.1) is 5.92 Å². The van der Waals surface area contributed by atoms with Crippen molar-refractivity contribution in [2.75, 3.05) is 26.7 Å². The Morgan fingerprint density at radius 3 is 2.68 bits per heavy atom. The summed E-state index contributed by atoms with van der Waals surface area (Å²) in [6, 6.07) is 7.57. The number of carbonyl (C=O) groups excluding carboxylic acids is 1. The monoisotopic (exact) mass is 280 g/mol. The van der Waals surface area contributed by atoms with Crippen LogP contribution in [0.25, 0.3) is 0 Å². The summed E-state index contributed by atoms with van der Waals surface area (Å²) in [5, 5.41) is 3.89. The van der Waals surface area contributed by atoms with Crippen LogP contribution in [0.5, 0.6) is 0 Å². The fraction of sp³-hybridized carbons (Fsp3) is 0.533. The summed E-state index contributed by atoms with van der Waals surface area (Å²) in [6.07, 6.45) is 2.60. The number of nitrogens with one attached hydrogen (secondary N) is 1. The number of benzene rings is 1. The lowest BCUT2D eigenvalue weighted by Gasteiger charge is -2.32. The smallest absolute Gasteiger partial charge is 0.227 e. The summed E-state index contributed by atoms with van der Waals surface area (Å²) in [6.45, 7) is 2.79. The van der Waals surface area contributed by atoms with Crippen molar-refractivity contribution < 1.29 is 4.79 Å².